The zero-order valence-corrected chi connectivity index (χ0v) is 13.7. The quantitative estimate of drug-likeness (QED) is 0.715. The summed E-state index contributed by atoms with van der Waals surface area (Å²) in [6, 6.07) is 5.42. The second-order valence-corrected chi connectivity index (χ2v) is 6.72. The highest BCUT2D eigenvalue weighted by molar-refractivity contribution is 7.09. The van der Waals surface area contributed by atoms with Crippen LogP contribution < -0.4 is 0 Å². The summed E-state index contributed by atoms with van der Waals surface area (Å²) in [5.41, 5.74) is 2.37. The summed E-state index contributed by atoms with van der Waals surface area (Å²) in [6.45, 7) is 2.73. The summed E-state index contributed by atoms with van der Waals surface area (Å²) in [7, 11) is 0. The van der Waals surface area contributed by atoms with Gasteiger partial charge in [0.1, 0.15) is 10.5 Å². The van der Waals surface area contributed by atoms with Gasteiger partial charge in [0.05, 0.1) is 6.04 Å². The van der Waals surface area contributed by atoms with E-state index in [1.165, 1.54) is 0 Å². The number of piperidine rings is 1. The second kappa shape index (κ2) is 5.77. The van der Waals surface area contributed by atoms with Crippen molar-refractivity contribution in [2.24, 2.45) is 0 Å². The molecule has 0 aliphatic carbocycles. The van der Waals surface area contributed by atoms with Crippen LogP contribution in [0, 0.1) is 6.92 Å². The number of carbonyl (C=O) groups is 1. The normalized spacial score (nSPS) is 18.5. The van der Waals surface area contributed by atoms with Crippen LogP contribution in [0.1, 0.15) is 46.6 Å². The molecular weight excluding hydrogens is 310 g/mol. The number of pyridine rings is 1. The minimum atomic E-state index is -0.0689. The molecule has 0 N–H and O–H groups in total. The van der Waals surface area contributed by atoms with Crippen molar-refractivity contribution in [3.63, 3.8) is 0 Å². The smallest absolute Gasteiger partial charge is 0.290 e. The molecule has 0 aromatic carbocycles. The number of likely N-dealkylation sites (tertiary alicyclic amines) is 1. The lowest BCUT2D eigenvalue weighted by molar-refractivity contribution is 0.0581. The molecule has 4 heterocycles. The molecule has 118 valence electrons. The zero-order valence-electron chi connectivity index (χ0n) is 12.9. The highest BCUT2D eigenvalue weighted by Gasteiger charge is 2.32. The largest absolute Gasteiger partial charge is 0.449 e. The highest BCUT2D eigenvalue weighted by Crippen LogP contribution is 2.34. The molecule has 6 heteroatoms. The maximum atomic E-state index is 12.9. The molecule has 1 saturated heterocycles. The molecule has 3 aromatic rings. The van der Waals surface area contributed by atoms with Crippen LogP contribution in [0.25, 0.3) is 11.1 Å². The fourth-order valence-corrected chi connectivity index (χ4v) is 4.02. The van der Waals surface area contributed by atoms with Gasteiger partial charge in [0, 0.05) is 29.9 Å². The molecule has 4 rings (SSSR count). The van der Waals surface area contributed by atoms with Crippen LogP contribution in [0.4, 0.5) is 0 Å². The Labute approximate surface area is 138 Å². The number of fused-ring (bicyclic) bond motifs is 1. The van der Waals surface area contributed by atoms with Gasteiger partial charge in [-0.1, -0.05) is 0 Å². The first-order valence-electron chi connectivity index (χ1n) is 7.80. The van der Waals surface area contributed by atoms with Gasteiger partial charge in [0.25, 0.3) is 5.91 Å². The number of nitrogens with zero attached hydrogens (tertiary/aromatic N) is 3. The van der Waals surface area contributed by atoms with Gasteiger partial charge < -0.3 is 9.32 Å². The Balaban J connectivity index is 1.67. The van der Waals surface area contributed by atoms with E-state index >= 15 is 0 Å². The summed E-state index contributed by atoms with van der Waals surface area (Å²) in [6.07, 6.45) is 4.80. The van der Waals surface area contributed by atoms with E-state index in [1.807, 2.05) is 29.3 Å². The minimum Gasteiger partial charge on any atom is -0.449 e. The molecule has 0 radical (unpaired) electrons. The van der Waals surface area contributed by atoms with Crippen LogP contribution in [0.5, 0.6) is 0 Å². The Morgan fingerprint density at radius 1 is 1.43 bits per heavy atom. The van der Waals surface area contributed by atoms with E-state index in [-0.39, 0.29) is 11.9 Å². The van der Waals surface area contributed by atoms with Crippen LogP contribution >= 0.6 is 11.3 Å². The van der Waals surface area contributed by atoms with E-state index in [1.54, 1.807) is 23.6 Å². The third-order valence-corrected chi connectivity index (χ3v) is 5.25. The molecule has 1 unspecified atom stereocenters. The molecule has 1 fully saturated rings. The number of hydrogen-bond acceptors (Lipinski definition) is 5. The van der Waals surface area contributed by atoms with Crippen molar-refractivity contribution >= 4 is 28.3 Å². The Morgan fingerprint density at radius 3 is 3.13 bits per heavy atom. The monoisotopic (exact) mass is 327 g/mol. The van der Waals surface area contributed by atoms with Crippen LogP contribution in [0.2, 0.25) is 0 Å². The zero-order chi connectivity index (χ0) is 15.8. The molecule has 1 aliphatic heterocycles. The summed E-state index contributed by atoms with van der Waals surface area (Å²) in [5, 5.41) is 3.06. The van der Waals surface area contributed by atoms with E-state index in [9.17, 15) is 4.79 Å². The number of hydrogen-bond donors (Lipinski definition) is 0. The number of furan rings is 1. The maximum absolute atomic E-state index is 12.9. The number of carbonyl (C=O) groups excluding carboxylic acids is 1. The number of aromatic nitrogens is 2. The predicted octanol–water partition coefficient (Wildman–Crippen LogP) is 3.96. The van der Waals surface area contributed by atoms with E-state index in [2.05, 4.69) is 9.97 Å². The van der Waals surface area contributed by atoms with Gasteiger partial charge in [-0.25, -0.2) is 4.98 Å². The van der Waals surface area contributed by atoms with Gasteiger partial charge in [-0.3, -0.25) is 9.78 Å². The molecule has 1 aliphatic rings. The Morgan fingerprint density at radius 2 is 2.35 bits per heavy atom. The van der Waals surface area contributed by atoms with Crippen molar-refractivity contribution in [1.82, 2.24) is 14.9 Å². The lowest BCUT2D eigenvalue weighted by atomic mass is 10.0. The second-order valence-electron chi connectivity index (χ2n) is 5.83. The fourth-order valence-electron chi connectivity index (χ4n) is 3.07. The average molecular weight is 327 g/mol. The molecule has 3 aromatic heterocycles. The third kappa shape index (κ3) is 2.63. The first-order chi connectivity index (χ1) is 11.2. The van der Waals surface area contributed by atoms with Crippen LogP contribution in [0.15, 0.2) is 34.2 Å². The Kier molecular flexibility index (Phi) is 3.61. The summed E-state index contributed by atoms with van der Waals surface area (Å²) in [4.78, 5) is 23.7. The van der Waals surface area contributed by atoms with Crippen molar-refractivity contribution in [3.05, 3.63) is 46.2 Å². The molecule has 5 nitrogen and oxygen atoms in total. The SMILES string of the molecule is Cc1csc(C2CCCCN2C(=O)c2cc3ncccc3o2)n1. The lowest BCUT2D eigenvalue weighted by Gasteiger charge is -2.33. The van der Waals surface area contributed by atoms with Crippen molar-refractivity contribution in [3.8, 4) is 0 Å². The van der Waals surface area contributed by atoms with Crippen molar-refractivity contribution in [2.75, 3.05) is 6.54 Å². The predicted molar refractivity (Wildman–Crippen MR) is 88.5 cm³/mol. The number of rotatable bonds is 2. The van der Waals surface area contributed by atoms with Gasteiger partial charge >= 0.3 is 0 Å². The molecule has 0 bridgehead atoms. The Bertz CT molecular complexity index is 821. The first kappa shape index (κ1) is 14.4. The number of thiazole rings is 1. The molecular formula is C17H17N3O2S. The minimum absolute atomic E-state index is 0.0520. The molecule has 0 spiro atoms. The summed E-state index contributed by atoms with van der Waals surface area (Å²) in [5.74, 6) is 0.291. The van der Waals surface area contributed by atoms with Gasteiger partial charge in [-0.15, -0.1) is 11.3 Å². The average Bonchev–Trinajstić information content (AvgIpc) is 3.20. The maximum Gasteiger partial charge on any atom is 0.290 e. The summed E-state index contributed by atoms with van der Waals surface area (Å²) < 4.78 is 5.70. The topological polar surface area (TPSA) is 59.2 Å². The van der Waals surface area contributed by atoms with Crippen LogP contribution in [-0.2, 0) is 0 Å². The number of aryl methyl sites for hydroxylation is 1. The van der Waals surface area contributed by atoms with Crippen LogP contribution in [0.3, 0.4) is 0 Å². The number of amides is 1. The fraction of sp³-hybridized carbons (Fsp3) is 0.353. The first-order valence-corrected chi connectivity index (χ1v) is 8.68. The van der Waals surface area contributed by atoms with Crippen molar-refractivity contribution in [1.29, 1.82) is 0 Å². The van der Waals surface area contributed by atoms with Crippen LogP contribution in [-0.4, -0.2) is 27.3 Å². The van der Waals surface area contributed by atoms with E-state index in [0.29, 0.717) is 11.3 Å². The van der Waals surface area contributed by atoms with Gasteiger partial charge in [-0.05, 0) is 38.3 Å². The standard InChI is InChI=1S/C17H17N3O2S/c1-11-10-23-16(19-11)13-5-2-3-8-20(13)17(21)15-9-12-14(22-15)6-4-7-18-12/h4,6-7,9-10,13H,2-3,5,8H2,1H3. The van der Waals surface area contributed by atoms with E-state index in [0.717, 1.165) is 42.0 Å². The van der Waals surface area contributed by atoms with Gasteiger partial charge in [0.2, 0.25) is 0 Å². The highest BCUT2D eigenvalue weighted by atomic mass is 32.1. The van der Waals surface area contributed by atoms with E-state index in [4.69, 9.17) is 4.42 Å². The lowest BCUT2D eigenvalue weighted by Crippen LogP contribution is -2.38. The van der Waals surface area contributed by atoms with Crippen molar-refractivity contribution < 1.29 is 9.21 Å². The Hall–Kier alpha value is -2.21. The van der Waals surface area contributed by atoms with Crippen molar-refractivity contribution in [2.45, 2.75) is 32.2 Å². The molecule has 1 amide bonds. The molecule has 1 atom stereocenters. The van der Waals surface area contributed by atoms with Gasteiger partial charge in [-0.2, -0.15) is 0 Å². The molecule has 23 heavy (non-hydrogen) atoms. The van der Waals surface area contributed by atoms with Gasteiger partial charge in [0.15, 0.2) is 11.3 Å². The summed E-state index contributed by atoms with van der Waals surface area (Å²) >= 11 is 1.63. The van der Waals surface area contributed by atoms with E-state index < -0.39 is 0 Å². The molecule has 0 saturated carbocycles. The third-order valence-electron chi connectivity index (χ3n) is 4.18.